The maximum Gasteiger partial charge on any atom is 2.00 e. The van der Waals surface area contributed by atoms with Crippen molar-refractivity contribution in [3.05, 3.63) is 166 Å². The number of hydrogen-bond donors (Lipinski definition) is 2. The number of aromatic amines is 2. The molecule has 12 nitrogen and oxygen atoms in total. The summed E-state index contributed by atoms with van der Waals surface area (Å²) in [6.07, 6.45) is 7.80. The number of ether oxygens (including phenoxy) is 4. The van der Waals surface area contributed by atoms with E-state index in [-0.39, 0.29) is 41.9 Å². The zero-order valence-corrected chi connectivity index (χ0v) is 38.7. The third kappa shape index (κ3) is 9.45. The number of methoxy groups -OCH3 is 4. The summed E-state index contributed by atoms with van der Waals surface area (Å²) in [6.45, 7) is 0. The number of carbonyl (C=O) groups is 4. The van der Waals surface area contributed by atoms with Gasteiger partial charge in [0, 0.05) is 44.3 Å². The Morgan fingerprint density at radius 1 is 0.343 bits per heavy atom. The second kappa shape index (κ2) is 20.7. The molecule has 9 rings (SSSR count). The first-order chi connectivity index (χ1) is 31.2. The van der Waals surface area contributed by atoms with Gasteiger partial charge in [-0.15, -0.1) is 0 Å². The average Bonchev–Trinajstić information content (AvgIpc) is 4.20. The molecule has 2 N–H and O–H groups in total. The average molecular weight is 974 g/mol. The molecular weight excluding hydrogens is 935 g/mol. The van der Waals surface area contributed by atoms with Gasteiger partial charge < -0.3 is 53.7 Å². The Hall–Kier alpha value is -7.54. The molecule has 0 unspecified atom stereocenters. The van der Waals surface area contributed by atoms with Gasteiger partial charge in [-0.3, -0.25) is 0 Å². The van der Waals surface area contributed by atoms with Crippen molar-refractivity contribution in [2.24, 2.45) is 0 Å². The molecule has 4 aromatic carbocycles. The monoisotopic (exact) mass is 972 g/mol. The first-order valence-electron chi connectivity index (χ1n) is 20.1. The Balaban J connectivity index is 0.00000247. The maximum absolute atomic E-state index is 12.5. The summed E-state index contributed by atoms with van der Waals surface area (Å²) < 4.78 is 19.9. The van der Waals surface area contributed by atoms with Crippen LogP contribution in [0.15, 0.2) is 121 Å². The third-order valence-corrected chi connectivity index (χ3v) is 11.1. The number of fused-ring (bicyclic) bond motifs is 8. The molecule has 336 valence electrons. The Bertz CT molecular complexity index is 2840. The molecule has 15 heteroatoms. The van der Waals surface area contributed by atoms with Gasteiger partial charge in [-0.2, -0.15) is 0 Å². The Morgan fingerprint density at radius 3 is 0.716 bits per heavy atom. The summed E-state index contributed by atoms with van der Waals surface area (Å²) in [5, 5.41) is 0. The normalized spacial score (nSPS) is 11.0. The van der Waals surface area contributed by atoms with Crippen LogP contribution in [0.2, 0.25) is 0 Å². The smallest absolute Gasteiger partial charge is 1.00 e. The number of esters is 4. The van der Waals surface area contributed by atoms with E-state index in [0.717, 1.165) is 66.6 Å². The minimum absolute atomic E-state index is 0. The number of H-pyrrole nitrogens is 2. The topological polar surface area (TPSA) is 163 Å². The molecule has 8 bridgehead atoms. The molecular formula is C52H38Cl2FeN4O8. The minimum atomic E-state index is -0.453. The van der Waals surface area contributed by atoms with Crippen LogP contribution in [0.4, 0.5) is 0 Å². The summed E-state index contributed by atoms with van der Waals surface area (Å²) in [6, 6.07) is 36.5. The maximum atomic E-state index is 12.5. The van der Waals surface area contributed by atoms with Crippen LogP contribution < -0.4 is 24.8 Å². The fourth-order valence-corrected chi connectivity index (χ4v) is 7.98. The number of hydrogen-bond acceptors (Lipinski definition) is 10. The molecule has 0 saturated heterocycles. The van der Waals surface area contributed by atoms with Gasteiger partial charge in [0.1, 0.15) is 0 Å². The SMILES string of the molecule is COC(=O)c1ccc(-c2c3nc(c(-c4ccc(C(=O)OC)cc4)c4ccc([nH]4)c(-c4ccc(C(=O)OC)cc4)c4nc(c(-c5ccc(C(=O)OC)cc5)c5ccc2[nH]5)C=C4)C=C3)cc1.[Cl-].[Cl-].[Fe+2]. The second-order valence-electron chi connectivity index (χ2n) is 14.8. The summed E-state index contributed by atoms with van der Waals surface area (Å²) >= 11 is 0. The second-order valence-corrected chi connectivity index (χ2v) is 14.8. The number of carbonyl (C=O) groups excluding carboxylic acids is 4. The number of nitrogens with zero attached hydrogens (tertiary/aromatic N) is 2. The van der Waals surface area contributed by atoms with E-state index < -0.39 is 23.9 Å². The van der Waals surface area contributed by atoms with Crippen molar-refractivity contribution in [3.8, 4) is 44.5 Å². The van der Waals surface area contributed by atoms with E-state index in [4.69, 9.17) is 28.9 Å². The van der Waals surface area contributed by atoms with E-state index in [2.05, 4.69) is 9.97 Å². The zero-order valence-electron chi connectivity index (χ0n) is 36.1. The van der Waals surface area contributed by atoms with Crippen LogP contribution in [0, 0.1) is 0 Å². The molecule has 2 aliphatic rings. The number of halogens is 2. The summed E-state index contributed by atoms with van der Waals surface area (Å²) in [4.78, 5) is 67.9. The van der Waals surface area contributed by atoms with Gasteiger partial charge in [-0.05, 0) is 119 Å². The molecule has 0 aliphatic carbocycles. The van der Waals surface area contributed by atoms with Gasteiger partial charge in [0.25, 0.3) is 0 Å². The van der Waals surface area contributed by atoms with Crippen molar-refractivity contribution in [2.45, 2.75) is 0 Å². The van der Waals surface area contributed by atoms with E-state index in [1.165, 1.54) is 28.4 Å². The van der Waals surface area contributed by atoms with Gasteiger partial charge in [-0.25, -0.2) is 29.1 Å². The van der Waals surface area contributed by atoms with Crippen LogP contribution >= 0.6 is 0 Å². The van der Waals surface area contributed by atoms with Crippen molar-refractivity contribution in [1.29, 1.82) is 0 Å². The van der Waals surface area contributed by atoms with Gasteiger partial charge in [-0.1, -0.05) is 48.5 Å². The standard InChI is InChI=1S/C52H38N4O8.2ClH.Fe/c1-61-49(57)33-13-5-29(6-14-33)45-37-21-23-39(53-37)46(30-7-15-34(16-8-30)50(58)62-2)41-25-27-43(55-41)48(32-11-19-36(20-12-32)52(60)64-4)44-28-26-42(56-44)47(40-24-22-38(45)54-40)31-9-17-35(18-10-31)51(59)63-3;;;/h5-28,53,56H,1-4H3;2*1H;/q;;;+2/p-2. The quantitative estimate of drug-likeness (QED) is 0.126. The minimum Gasteiger partial charge on any atom is -1.00 e. The number of aromatic nitrogens is 4. The Kier molecular flexibility index (Phi) is 15.1. The fraction of sp³-hybridized carbons (Fsp3) is 0.0769. The molecule has 0 amide bonds. The molecule has 0 fully saturated rings. The third-order valence-electron chi connectivity index (χ3n) is 11.1. The van der Waals surface area contributed by atoms with Gasteiger partial charge >= 0.3 is 40.9 Å². The van der Waals surface area contributed by atoms with Crippen LogP contribution in [0.1, 0.15) is 64.2 Å². The molecule has 5 heterocycles. The van der Waals surface area contributed by atoms with E-state index in [9.17, 15) is 19.2 Å². The van der Waals surface area contributed by atoms with E-state index in [1.807, 2.05) is 97.1 Å². The van der Waals surface area contributed by atoms with E-state index in [1.54, 1.807) is 48.5 Å². The van der Waals surface area contributed by atoms with Gasteiger partial charge in [0.2, 0.25) is 0 Å². The van der Waals surface area contributed by atoms with Crippen molar-refractivity contribution in [3.63, 3.8) is 0 Å². The van der Waals surface area contributed by atoms with Gasteiger partial charge in [0.05, 0.1) is 73.5 Å². The van der Waals surface area contributed by atoms with Crippen molar-refractivity contribution in [1.82, 2.24) is 19.9 Å². The van der Waals surface area contributed by atoms with Crippen LogP contribution in [0.3, 0.4) is 0 Å². The number of nitrogens with one attached hydrogen (secondary N) is 2. The molecule has 67 heavy (non-hydrogen) atoms. The number of benzene rings is 4. The predicted molar refractivity (Wildman–Crippen MR) is 246 cm³/mol. The first kappa shape index (κ1) is 48.9. The largest absolute Gasteiger partial charge is 2.00 e. The number of rotatable bonds is 8. The molecule has 7 aromatic rings. The van der Waals surface area contributed by atoms with E-state index >= 15 is 0 Å². The molecule has 0 saturated carbocycles. The Morgan fingerprint density at radius 2 is 0.537 bits per heavy atom. The molecule has 0 radical (unpaired) electrons. The fourth-order valence-electron chi connectivity index (χ4n) is 7.98. The zero-order chi connectivity index (χ0) is 44.5. The van der Waals surface area contributed by atoms with Crippen molar-refractivity contribution < 1.29 is 80.0 Å². The summed E-state index contributed by atoms with van der Waals surface area (Å²) in [5.74, 6) is -1.81. The van der Waals surface area contributed by atoms with Crippen LogP contribution in [0.25, 0.3) is 90.9 Å². The van der Waals surface area contributed by atoms with Gasteiger partial charge in [0.15, 0.2) is 0 Å². The van der Waals surface area contributed by atoms with Crippen LogP contribution in [0.5, 0.6) is 0 Å². The molecule has 0 atom stereocenters. The summed E-state index contributed by atoms with van der Waals surface area (Å²) in [7, 11) is 5.38. The van der Waals surface area contributed by atoms with Crippen LogP contribution in [-0.2, 0) is 36.0 Å². The van der Waals surface area contributed by atoms with Crippen LogP contribution in [-0.4, -0.2) is 72.3 Å². The Labute approximate surface area is 407 Å². The molecule has 0 spiro atoms. The predicted octanol–water partition coefficient (Wildman–Crippen LogP) is 4.48. The van der Waals surface area contributed by atoms with Crippen molar-refractivity contribution >= 4 is 70.2 Å². The molecule has 2 aliphatic heterocycles. The summed E-state index contributed by atoms with van der Waals surface area (Å²) in [5.41, 5.74) is 13.3. The van der Waals surface area contributed by atoms with E-state index in [0.29, 0.717) is 45.0 Å². The van der Waals surface area contributed by atoms with Crippen molar-refractivity contribution in [2.75, 3.05) is 28.4 Å². The first-order valence-corrected chi connectivity index (χ1v) is 20.1. The molecule has 3 aromatic heterocycles.